The fourth-order valence-electron chi connectivity index (χ4n) is 1.24. The number of hydrogen-bond acceptors (Lipinski definition) is 7. The first-order chi connectivity index (χ1) is 8.36. The smallest absolute Gasteiger partial charge is 0.315 e. The highest BCUT2D eigenvalue weighted by atomic mass is 32.2. The third-order valence-electron chi connectivity index (χ3n) is 2.00. The summed E-state index contributed by atoms with van der Waals surface area (Å²) >= 11 is 2.16. The quantitative estimate of drug-likeness (QED) is 0.810. The average Bonchev–Trinajstić information content (AvgIpc) is 2.66. The Balaban J connectivity index is 2.37. The Hall–Kier alpha value is -1.12. The lowest BCUT2D eigenvalue weighted by molar-refractivity contribution is -0.130. The summed E-state index contributed by atoms with van der Waals surface area (Å²) in [6, 6.07) is 4.72. The van der Waals surface area contributed by atoms with Crippen LogP contribution in [0.3, 0.4) is 0 Å². The van der Waals surface area contributed by atoms with Crippen LogP contribution in [0.5, 0.6) is 0 Å². The van der Waals surface area contributed by atoms with E-state index in [-0.39, 0.29) is 4.90 Å². The van der Waals surface area contributed by atoms with Gasteiger partial charge in [-0.15, -0.1) is 11.3 Å². The third kappa shape index (κ3) is 3.01. The Morgan fingerprint density at radius 3 is 2.78 bits per heavy atom. The van der Waals surface area contributed by atoms with E-state index in [1.54, 1.807) is 12.1 Å². The summed E-state index contributed by atoms with van der Waals surface area (Å²) in [7, 11) is -3.22. The van der Waals surface area contributed by atoms with Crippen molar-refractivity contribution >= 4 is 49.4 Å². The fraction of sp³-hybridized carbons (Fsp3) is 0.200. The van der Waals surface area contributed by atoms with Gasteiger partial charge in [0.1, 0.15) is 12.0 Å². The van der Waals surface area contributed by atoms with Gasteiger partial charge in [0, 0.05) is 13.2 Å². The molecule has 18 heavy (non-hydrogen) atoms. The molecule has 0 aliphatic rings. The number of aromatic nitrogens is 1. The van der Waals surface area contributed by atoms with Gasteiger partial charge in [0.25, 0.3) is 0 Å². The molecular formula is C10H9NO4S3. The van der Waals surface area contributed by atoms with Crippen LogP contribution in [-0.4, -0.2) is 25.6 Å². The maximum absolute atomic E-state index is 11.4. The van der Waals surface area contributed by atoms with E-state index in [1.165, 1.54) is 24.3 Å². The minimum Gasteiger partial charge on any atom is -0.384 e. The fourth-order valence-corrected chi connectivity index (χ4v) is 3.53. The summed E-state index contributed by atoms with van der Waals surface area (Å²) in [5, 5.41) is 0. The summed E-state index contributed by atoms with van der Waals surface area (Å²) in [6.07, 6.45) is 1.16. The molecule has 96 valence electrons. The summed E-state index contributed by atoms with van der Waals surface area (Å²) in [5.74, 6) is -0.406. The van der Waals surface area contributed by atoms with Crippen molar-refractivity contribution in [2.24, 2.45) is 0 Å². The minimum atomic E-state index is -3.22. The molecule has 0 unspecified atom stereocenters. The van der Waals surface area contributed by atoms with Crippen LogP contribution in [0.1, 0.15) is 6.92 Å². The second kappa shape index (κ2) is 4.87. The Morgan fingerprint density at radius 1 is 1.44 bits per heavy atom. The van der Waals surface area contributed by atoms with E-state index in [1.807, 2.05) is 0 Å². The molecule has 0 fully saturated rings. The number of thiazole rings is 1. The second-order valence-electron chi connectivity index (χ2n) is 3.54. The molecule has 2 aromatic rings. The van der Waals surface area contributed by atoms with Crippen molar-refractivity contribution in [3.05, 3.63) is 18.2 Å². The molecule has 2 rings (SSSR count). The van der Waals surface area contributed by atoms with Crippen molar-refractivity contribution in [1.82, 2.24) is 4.98 Å². The number of sulfone groups is 1. The van der Waals surface area contributed by atoms with Crippen LogP contribution in [-0.2, 0) is 18.8 Å². The highest BCUT2D eigenvalue weighted by molar-refractivity contribution is 7.97. The first-order valence-corrected chi connectivity index (χ1v) is 8.27. The molecule has 0 atom stereocenters. The van der Waals surface area contributed by atoms with E-state index in [9.17, 15) is 13.2 Å². The Kier molecular flexibility index (Phi) is 3.60. The Morgan fingerprint density at radius 2 is 2.17 bits per heavy atom. The van der Waals surface area contributed by atoms with Gasteiger partial charge in [-0.05, 0) is 18.2 Å². The van der Waals surface area contributed by atoms with Crippen LogP contribution in [0.2, 0.25) is 0 Å². The number of benzene rings is 1. The van der Waals surface area contributed by atoms with Gasteiger partial charge in [0.15, 0.2) is 14.2 Å². The molecule has 8 heteroatoms. The van der Waals surface area contributed by atoms with E-state index < -0.39 is 15.8 Å². The lowest BCUT2D eigenvalue weighted by Gasteiger charge is -1.96. The van der Waals surface area contributed by atoms with Gasteiger partial charge in [0.05, 0.1) is 15.1 Å². The molecule has 0 radical (unpaired) electrons. The first kappa shape index (κ1) is 13.3. The normalized spacial score (nSPS) is 11.7. The molecule has 0 aliphatic carbocycles. The monoisotopic (exact) mass is 303 g/mol. The Labute approximate surface area is 112 Å². The zero-order chi connectivity index (χ0) is 13.3. The third-order valence-corrected chi connectivity index (χ3v) is 4.93. The summed E-state index contributed by atoms with van der Waals surface area (Å²) in [6.45, 7) is 1.31. The summed E-state index contributed by atoms with van der Waals surface area (Å²) < 4.78 is 28.9. The number of nitrogens with zero attached hydrogens (tertiary/aromatic N) is 1. The van der Waals surface area contributed by atoms with Crippen molar-refractivity contribution < 1.29 is 17.4 Å². The summed E-state index contributed by atoms with van der Waals surface area (Å²) in [4.78, 5) is 15.1. The molecule has 1 aromatic heterocycles. The van der Waals surface area contributed by atoms with E-state index in [0.29, 0.717) is 9.86 Å². The summed E-state index contributed by atoms with van der Waals surface area (Å²) in [5.41, 5.74) is 0.682. The molecule has 1 heterocycles. The largest absolute Gasteiger partial charge is 0.384 e. The lowest BCUT2D eigenvalue weighted by Crippen LogP contribution is -1.95. The molecular weight excluding hydrogens is 294 g/mol. The minimum absolute atomic E-state index is 0.252. The van der Waals surface area contributed by atoms with Crippen molar-refractivity contribution in [2.75, 3.05) is 6.26 Å². The molecule has 0 saturated carbocycles. The molecule has 0 N–H and O–H groups in total. The maximum atomic E-state index is 11.4. The number of carbonyl (C=O) groups excluding carboxylic acids is 1. The molecule has 0 spiro atoms. The number of rotatable bonds is 3. The first-order valence-electron chi connectivity index (χ1n) is 4.82. The van der Waals surface area contributed by atoms with Crippen molar-refractivity contribution in [3.8, 4) is 0 Å². The van der Waals surface area contributed by atoms with E-state index in [2.05, 4.69) is 4.98 Å². The van der Waals surface area contributed by atoms with Crippen LogP contribution in [0.25, 0.3) is 10.2 Å². The Bertz CT molecular complexity index is 705. The molecule has 0 aliphatic heterocycles. The maximum Gasteiger partial charge on any atom is 0.315 e. The van der Waals surface area contributed by atoms with Crippen LogP contribution in [0.4, 0.5) is 0 Å². The van der Waals surface area contributed by atoms with Crippen LogP contribution in [0, 0.1) is 0 Å². The van der Waals surface area contributed by atoms with Crippen LogP contribution >= 0.6 is 23.4 Å². The van der Waals surface area contributed by atoms with Crippen LogP contribution in [0.15, 0.2) is 27.4 Å². The molecule has 5 nitrogen and oxygen atoms in total. The highest BCUT2D eigenvalue weighted by Crippen LogP contribution is 2.31. The second-order valence-corrected chi connectivity index (χ2v) is 7.56. The van der Waals surface area contributed by atoms with Gasteiger partial charge in [-0.3, -0.25) is 4.79 Å². The standard InChI is InChI=1S/C10H9NO4S3/c1-6(12)15-17-10-11-8-4-3-7(18(2,13)14)5-9(8)16-10/h3-5H,1-2H3. The highest BCUT2D eigenvalue weighted by Gasteiger charge is 2.11. The number of carbonyl (C=O) groups is 1. The van der Waals surface area contributed by atoms with E-state index >= 15 is 0 Å². The average molecular weight is 303 g/mol. The topological polar surface area (TPSA) is 73.3 Å². The van der Waals surface area contributed by atoms with Gasteiger partial charge in [-0.2, -0.15) is 0 Å². The van der Waals surface area contributed by atoms with Gasteiger partial charge in [0.2, 0.25) is 0 Å². The number of hydrogen-bond donors (Lipinski definition) is 0. The zero-order valence-electron chi connectivity index (χ0n) is 9.54. The predicted molar refractivity (Wildman–Crippen MR) is 70.4 cm³/mol. The van der Waals surface area contributed by atoms with E-state index in [0.717, 1.165) is 23.0 Å². The zero-order valence-corrected chi connectivity index (χ0v) is 12.0. The van der Waals surface area contributed by atoms with Gasteiger partial charge >= 0.3 is 5.97 Å². The SMILES string of the molecule is CC(=O)OSc1nc2ccc(S(C)(=O)=O)cc2s1. The van der Waals surface area contributed by atoms with Gasteiger partial charge in [-0.25, -0.2) is 13.4 Å². The van der Waals surface area contributed by atoms with Gasteiger partial charge < -0.3 is 4.18 Å². The molecule has 1 aromatic carbocycles. The van der Waals surface area contributed by atoms with Crippen molar-refractivity contribution in [2.45, 2.75) is 16.2 Å². The van der Waals surface area contributed by atoms with Crippen molar-refractivity contribution in [1.29, 1.82) is 0 Å². The van der Waals surface area contributed by atoms with Crippen LogP contribution < -0.4 is 0 Å². The van der Waals surface area contributed by atoms with E-state index in [4.69, 9.17) is 4.18 Å². The molecule has 0 amide bonds. The molecule has 0 bridgehead atoms. The van der Waals surface area contributed by atoms with Crippen molar-refractivity contribution in [3.63, 3.8) is 0 Å². The van der Waals surface area contributed by atoms with Gasteiger partial charge in [-0.1, -0.05) is 0 Å². The molecule has 0 saturated heterocycles. The number of fused-ring (bicyclic) bond motifs is 1. The lowest BCUT2D eigenvalue weighted by atomic mass is 10.3. The predicted octanol–water partition coefficient (Wildman–Crippen LogP) is 2.27.